The number of nitrogens with zero attached hydrogens (tertiary/aromatic N) is 3. The molecule has 0 saturated carbocycles. The predicted molar refractivity (Wildman–Crippen MR) is 111 cm³/mol. The number of ketones is 1. The molecule has 0 aliphatic heterocycles. The van der Waals surface area contributed by atoms with Crippen molar-refractivity contribution in [1.29, 1.82) is 0 Å². The number of thiazole rings is 1. The van der Waals surface area contributed by atoms with Crippen LogP contribution in [0.5, 0.6) is 0 Å². The van der Waals surface area contributed by atoms with Gasteiger partial charge in [-0.2, -0.15) is 0 Å². The van der Waals surface area contributed by atoms with Gasteiger partial charge in [0.15, 0.2) is 11.7 Å². The quantitative estimate of drug-likeness (QED) is 0.298. The standard InChI is InChI=1S/C20H21N3O4S2/c1-5-26-19(25)16(18-21-13(4)9-28-18)15(24)10-29-20-23-22-17(27-20)14-7-6-11(2)12(3)8-14/h6-9,16H,5,10H2,1-4H3/t16-/m0/s1. The third-order valence-electron chi connectivity index (χ3n) is 4.23. The van der Waals surface area contributed by atoms with Gasteiger partial charge in [-0.3, -0.25) is 9.59 Å². The number of benzene rings is 1. The van der Waals surface area contributed by atoms with Gasteiger partial charge in [0.25, 0.3) is 5.22 Å². The lowest BCUT2D eigenvalue weighted by molar-refractivity contribution is -0.147. The summed E-state index contributed by atoms with van der Waals surface area (Å²) in [6, 6.07) is 5.88. The van der Waals surface area contributed by atoms with Crippen molar-refractivity contribution in [1.82, 2.24) is 15.2 Å². The number of thioether (sulfide) groups is 1. The van der Waals surface area contributed by atoms with Crippen molar-refractivity contribution in [2.24, 2.45) is 0 Å². The van der Waals surface area contributed by atoms with E-state index in [0.717, 1.165) is 28.6 Å². The molecule has 0 amide bonds. The highest BCUT2D eigenvalue weighted by Crippen LogP contribution is 2.28. The number of hydrogen-bond donors (Lipinski definition) is 0. The van der Waals surface area contributed by atoms with Gasteiger partial charge in [0.2, 0.25) is 5.89 Å². The Kier molecular flexibility index (Phi) is 6.81. The molecule has 0 fully saturated rings. The number of rotatable bonds is 8. The van der Waals surface area contributed by atoms with Gasteiger partial charge in [-0.15, -0.1) is 21.5 Å². The summed E-state index contributed by atoms with van der Waals surface area (Å²) in [5.74, 6) is -1.55. The van der Waals surface area contributed by atoms with Crippen LogP contribution in [-0.2, 0) is 14.3 Å². The molecule has 0 aliphatic rings. The summed E-state index contributed by atoms with van der Waals surface area (Å²) in [5, 5.41) is 10.6. The van der Waals surface area contributed by atoms with Gasteiger partial charge < -0.3 is 9.15 Å². The average molecular weight is 432 g/mol. The van der Waals surface area contributed by atoms with E-state index in [1.54, 1.807) is 12.3 Å². The third-order valence-corrected chi connectivity index (χ3v) is 6.09. The Morgan fingerprint density at radius 3 is 2.66 bits per heavy atom. The molecular formula is C20H21N3O4S2. The Balaban J connectivity index is 1.70. The Labute approximate surface area is 176 Å². The molecule has 0 aliphatic carbocycles. The Morgan fingerprint density at radius 1 is 1.21 bits per heavy atom. The van der Waals surface area contributed by atoms with E-state index in [1.807, 2.05) is 39.0 Å². The lowest BCUT2D eigenvalue weighted by atomic mass is 10.1. The molecule has 2 aromatic heterocycles. The lowest BCUT2D eigenvalue weighted by Crippen LogP contribution is -2.25. The van der Waals surface area contributed by atoms with E-state index in [2.05, 4.69) is 15.2 Å². The molecule has 1 aromatic carbocycles. The molecule has 1 atom stereocenters. The maximum absolute atomic E-state index is 12.8. The molecule has 29 heavy (non-hydrogen) atoms. The van der Waals surface area contributed by atoms with E-state index in [1.165, 1.54) is 16.9 Å². The molecule has 7 nitrogen and oxygen atoms in total. The summed E-state index contributed by atoms with van der Waals surface area (Å²) >= 11 is 2.37. The second-order valence-electron chi connectivity index (χ2n) is 6.44. The minimum atomic E-state index is -1.04. The number of Topliss-reactive ketones (excluding diaryl/α,β-unsaturated/α-hetero) is 1. The van der Waals surface area contributed by atoms with Crippen LogP contribution in [0.3, 0.4) is 0 Å². The molecule has 2 heterocycles. The van der Waals surface area contributed by atoms with Gasteiger partial charge in [-0.25, -0.2) is 4.98 Å². The van der Waals surface area contributed by atoms with Crippen LogP contribution in [0.2, 0.25) is 0 Å². The Bertz CT molecular complexity index is 1030. The van der Waals surface area contributed by atoms with Crippen molar-refractivity contribution in [3.05, 3.63) is 45.4 Å². The van der Waals surface area contributed by atoms with Crippen LogP contribution < -0.4 is 0 Å². The van der Waals surface area contributed by atoms with Crippen molar-refractivity contribution in [2.45, 2.75) is 38.8 Å². The fourth-order valence-electron chi connectivity index (χ4n) is 2.58. The second-order valence-corrected chi connectivity index (χ2v) is 8.26. The number of ether oxygens (including phenoxy) is 1. The van der Waals surface area contributed by atoms with E-state index in [4.69, 9.17) is 9.15 Å². The highest BCUT2D eigenvalue weighted by Gasteiger charge is 2.32. The first-order chi connectivity index (χ1) is 13.9. The molecule has 0 bridgehead atoms. The number of aryl methyl sites for hydroxylation is 3. The predicted octanol–water partition coefficient (Wildman–Crippen LogP) is 4.13. The molecule has 3 rings (SSSR count). The number of aromatic nitrogens is 3. The zero-order chi connectivity index (χ0) is 21.0. The summed E-state index contributed by atoms with van der Waals surface area (Å²) in [7, 11) is 0. The molecule has 3 aromatic rings. The molecule has 0 radical (unpaired) electrons. The first-order valence-electron chi connectivity index (χ1n) is 9.04. The summed E-state index contributed by atoms with van der Waals surface area (Å²) < 4.78 is 10.7. The van der Waals surface area contributed by atoms with Crippen molar-refractivity contribution < 1.29 is 18.7 Å². The van der Waals surface area contributed by atoms with Gasteiger partial charge in [0, 0.05) is 16.6 Å². The Hall–Kier alpha value is -2.52. The fourth-order valence-corrected chi connectivity index (χ4v) is 4.15. The van der Waals surface area contributed by atoms with Crippen molar-refractivity contribution in [2.75, 3.05) is 12.4 Å². The summed E-state index contributed by atoms with van der Waals surface area (Å²) in [6.07, 6.45) is 0. The first-order valence-corrected chi connectivity index (χ1v) is 10.9. The van der Waals surface area contributed by atoms with Crippen LogP contribution in [0.4, 0.5) is 0 Å². The first kappa shape index (κ1) is 21.2. The molecule has 0 saturated heterocycles. The van der Waals surface area contributed by atoms with Gasteiger partial charge in [0.1, 0.15) is 5.01 Å². The van der Waals surface area contributed by atoms with Crippen LogP contribution in [0, 0.1) is 20.8 Å². The van der Waals surface area contributed by atoms with Crippen LogP contribution >= 0.6 is 23.1 Å². The van der Waals surface area contributed by atoms with Gasteiger partial charge in [0.05, 0.1) is 12.4 Å². The summed E-state index contributed by atoms with van der Waals surface area (Å²) in [5.41, 5.74) is 3.88. The van der Waals surface area contributed by atoms with E-state index in [9.17, 15) is 9.59 Å². The molecule has 0 spiro atoms. The lowest BCUT2D eigenvalue weighted by Gasteiger charge is -2.11. The highest BCUT2D eigenvalue weighted by atomic mass is 32.2. The van der Waals surface area contributed by atoms with Crippen LogP contribution in [-0.4, -0.2) is 39.3 Å². The number of hydrogen-bond acceptors (Lipinski definition) is 9. The Morgan fingerprint density at radius 2 is 2.00 bits per heavy atom. The van der Waals surface area contributed by atoms with Gasteiger partial charge >= 0.3 is 5.97 Å². The molecule has 0 N–H and O–H groups in total. The molecule has 9 heteroatoms. The number of carbonyl (C=O) groups excluding carboxylic acids is 2. The zero-order valence-electron chi connectivity index (χ0n) is 16.6. The van der Waals surface area contributed by atoms with E-state index in [0.29, 0.717) is 10.9 Å². The summed E-state index contributed by atoms with van der Waals surface area (Å²) in [4.78, 5) is 29.4. The zero-order valence-corrected chi connectivity index (χ0v) is 18.2. The van der Waals surface area contributed by atoms with Crippen LogP contribution in [0.25, 0.3) is 11.5 Å². The fraction of sp³-hybridized carbons (Fsp3) is 0.350. The van der Waals surface area contributed by atoms with Crippen LogP contribution in [0.1, 0.15) is 34.7 Å². The molecule has 152 valence electrons. The molecular weight excluding hydrogens is 410 g/mol. The van der Waals surface area contributed by atoms with E-state index < -0.39 is 11.9 Å². The average Bonchev–Trinajstić information content (AvgIpc) is 3.32. The number of esters is 1. The normalized spacial score (nSPS) is 12.0. The SMILES string of the molecule is CCOC(=O)[C@@H](C(=O)CSc1nnc(-c2ccc(C)c(C)c2)o1)c1nc(C)cs1. The minimum absolute atomic E-state index is 0.00331. The van der Waals surface area contributed by atoms with E-state index >= 15 is 0 Å². The maximum Gasteiger partial charge on any atom is 0.323 e. The minimum Gasteiger partial charge on any atom is -0.465 e. The monoisotopic (exact) mass is 431 g/mol. The summed E-state index contributed by atoms with van der Waals surface area (Å²) in [6.45, 7) is 7.76. The largest absolute Gasteiger partial charge is 0.465 e. The highest BCUT2D eigenvalue weighted by molar-refractivity contribution is 7.99. The van der Waals surface area contributed by atoms with Crippen molar-refractivity contribution in [3.63, 3.8) is 0 Å². The maximum atomic E-state index is 12.8. The van der Waals surface area contributed by atoms with Crippen molar-refractivity contribution in [3.8, 4) is 11.5 Å². The molecule has 0 unspecified atom stereocenters. The second kappa shape index (κ2) is 9.32. The topological polar surface area (TPSA) is 95.2 Å². The smallest absolute Gasteiger partial charge is 0.323 e. The van der Waals surface area contributed by atoms with Gasteiger partial charge in [-0.1, -0.05) is 17.8 Å². The number of carbonyl (C=O) groups is 2. The third kappa shape index (κ3) is 5.10. The van der Waals surface area contributed by atoms with E-state index in [-0.39, 0.29) is 23.4 Å². The van der Waals surface area contributed by atoms with Crippen molar-refractivity contribution >= 4 is 34.9 Å². The van der Waals surface area contributed by atoms with Crippen LogP contribution in [0.15, 0.2) is 33.2 Å². The van der Waals surface area contributed by atoms with Gasteiger partial charge in [-0.05, 0) is 51.0 Å².